The van der Waals surface area contributed by atoms with Gasteiger partial charge in [-0.2, -0.15) is 5.10 Å². The SMILES string of the molecule is Cc1nn(-c2ccc(Cl)cc2)c2sc(C(=O)N3CCC(c4nc5ccccc5o4)CC3)cc12. The van der Waals surface area contributed by atoms with E-state index in [4.69, 9.17) is 16.0 Å². The summed E-state index contributed by atoms with van der Waals surface area (Å²) in [6.45, 7) is 3.36. The van der Waals surface area contributed by atoms with Crippen LogP contribution >= 0.6 is 22.9 Å². The van der Waals surface area contributed by atoms with Crippen LogP contribution in [0.1, 0.15) is 40.0 Å². The van der Waals surface area contributed by atoms with Crippen molar-refractivity contribution in [3.05, 3.63) is 76.1 Å². The predicted molar refractivity (Wildman–Crippen MR) is 131 cm³/mol. The summed E-state index contributed by atoms with van der Waals surface area (Å²) >= 11 is 7.53. The van der Waals surface area contributed by atoms with Crippen LogP contribution in [0.25, 0.3) is 27.0 Å². The van der Waals surface area contributed by atoms with Crippen molar-refractivity contribution in [2.75, 3.05) is 13.1 Å². The number of fused-ring (bicyclic) bond motifs is 2. The van der Waals surface area contributed by atoms with Crippen molar-refractivity contribution < 1.29 is 9.21 Å². The molecule has 33 heavy (non-hydrogen) atoms. The number of nitrogens with zero attached hydrogens (tertiary/aromatic N) is 4. The summed E-state index contributed by atoms with van der Waals surface area (Å²) in [6.07, 6.45) is 1.70. The standard InChI is InChI=1S/C25H21ClN4O2S/c1-15-19-14-22(33-25(19)30(28-15)18-8-6-17(26)7-9-18)24(31)29-12-10-16(11-13-29)23-27-20-4-2-3-5-21(20)32-23/h2-9,14,16H,10-13H2,1H3. The van der Waals surface area contributed by atoms with Gasteiger partial charge in [0.05, 0.1) is 16.3 Å². The Morgan fingerprint density at radius 2 is 1.88 bits per heavy atom. The molecule has 0 spiro atoms. The van der Waals surface area contributed by atoms with Gasteiger partial charge in [0, 0.05) is 29.4 Å². The van der Waals surface area contributed by atoms with E-state index >= 15 is 0 Å². The Kier molecular flexibility index (Phi) is 4.96. The smallest absolute Gasteiger partial charge is 0.264 e. The number of amides is 1. The van der Waals surface area contributed by atoms with Crippen molar-refractivity contribution in [1.82, 2.24) is 19.7 Å². The first-order valence-corrected chi connectivity index (χ1v) is 12.2. The molecule has 1 aliphatic rings. The van der Waals surface area contributed by atoms with E-state index in [2.05, 4.69) is 10.1 Å². The molecule has 6 nitrogen and oxygen atoms in total. The molecule has 4 heterocycles. The predicted octanol–water partition coefficient (Wildman–Crippen LogP) is 6.21. The Morgan fingerprint density at radius 3 is 2.64 bits per heavy atom. The molecule has 0 saturated carbocycles. The molecular weight excluding hydrogens is 456 g/mol. The summed E-state index contributed by atoms with van der Waals surface area (Å²) in [5.41, 5.74) is 3.55. The van der Waals surface area contributed by atoms with E-state index in [1.807, 2.05) is 71.1 Å². The maximum absolute atomic E-state index is 13.3. The highest BCUT2D eigenvalue weighted by atomic mass is 35.5. The maximum atomic E-state index is 13.3. The third kappa shape index (κ3) is 3.61. The Bertz CT molecular complexity index is 1440. The van der Waals surface area contributed by atoms with Crippen LogP contribution in [0.5, 0.6) is 0 Å². The lowest BCUT2D eigenvalue weighted by atomic mass is 9.96. The van der Waals surface area contributed by atoms with Crippen LogP contribution < -0.4 is 0 Å². The number of piperidine rings is 1. The summed E-state index contributed by atoms with van der Waals surface area (Å²) in [5, 5.41) is 6.36. The zero-order valence-electron chi connectivity index (χ0n) is 18.0. The topological polar surface area (TPSA) is 64.2 Å². The van der Waals surface area contributed by atoms with Gasteiger partial charge in [0.25, 0.3) is 5.91 Å². The fourth-order valence-corrected chi connectivity index (χ4v) is 5.74. The second-order valence-electron chi connectivity index (χ2n) is 8.39. The number of hydrogen-bond donors (Lipinski definition) is 0. The van der Waals surface area contributed by atoms with E-state index in [0.717, 1.165) is 56.3 Å². The lowest BCUT2D eigenvalue weighted by Crippen LogP contribution is -2.37. The van der Waals surface area contributed by atoms with Crippen molar-refractivity contribution in [2.24, 2.45) is 0 Å². The van der Waals surface area contributed by atoms with Gasteiger partial charge in [0.15, 0.2) is 11.5 Å². The van der Waals surface area contributed by atoms with E-state index in [1.54, 1.807) is 0 Å². The van der Waals surface area contributed by atoms with Crippen molar-refractivity contribution in [3.63, 3.8) is 0 Å². The molecule has 0 bridgehead atoms. The number of oxazole rings is 1. The zero-order valence-corrected chi connectivity index (χ0v) is 19.6. The number of aromatic nitrogens is 3. The van der Waals surface area contributed by atoms with Crippen LogP contribution in [-0.4, -0.2) is 38.7 Å². The molecule has 1 amide bonds. The van der Waals surface area contributed by atoms with Gasteiger partial charge in [0.2, 0.25) is 0 Å². The van der Waals surface area contributed by atoms with Crippen LogP contribution in [0.15, 0.2) is 59.0 Å². The summed E-state index contributed by atoms with van der Waals surface area (Å²) in [6, 6.07) is 17.4. The zero-order chi connectivity index (χ0) is 22.5. The number of hydrogen-bond acceptors (Lipinski definition) is 5. The summed E-state index contributed by atoms with van der Waals surface area (Å²) in [5.74, 6) is 1.10. The molecule has 166 valence electrons. The normalized spacial score (nSPS) is 15.0. The quantitative estimate of drug-likeness (QED) is 0.310. The second kappa shape index (κ2) is 8.01. The summed E-state index contributed by atoms with van der Waals surface area (Å²) in [4.78, 5) is 21.6. The Labute approximate surface area is 199 Å². The monoisotopic (exact) mass is 476 g/mol. The van der Waals surface area contributed by atoms with Crippen LogP contribution in [0, 0.1) is 6.92 Å². The number of benzene rings is 2. The Morgan fingerprint density at radius 1 is 1.12 bits per heavy atom. The average Bonchev–Trinajstić information content (AvgIpc) is 3.54. The van der Waals surface area contributed by atoms with Crippen LogP contribution in [0.2, 0.25) is 5.02 Å². The molecule has 0 N–H and O–H groups in total. The molecule has 3 aromatic heterocycles. The Hall–Kier alpha value is -3.16. The molecule has 0 unspecified atom stereocenters. The molecule has 1 fully saturated rings. The van der Waals surface area contributed by atoms with Gasteiger partial charge >= 0.3 is 0 Å². The first kappa shape index (κ1) is 20.4. The van der Waals surface area contributed by atoms with Crippen molar-refractivity contribution in [2.45, 2.75) is 25.7 Å². The minimum atomic E-state index is 0.0780. The van der Waals surface area contributed by atoms with Gasteiger partial charge < -0.3 is 9.32 Å². The highest BCUT2D eigenvalue weighted by Crippen LogP contribution is 2.34. The number of thiophene rings is 1. The Balaban J connectivity index is 1.21. The average molecular weight is 477 g/mol. The molecule has 0 aliphatic carbocycles. The lowest BCUT2D eigenvalue weighted by Gasteiger charge is -2.30. The van der Waals surface area contributed by atoms with Crippen molar-refractivity contribution in [3.8, 4) is 5.69 Å². The van der Waals surface area contributed by atoms with Gasteiger partial charge in [-0.3, -0.25) is 4.79 Å². The fourth-order valence-electron chi connectivity index (χ4n) is 4.46. The number of halogens is 1. The maximum Gasteiger partial charge on any atom is 0.264 e. The van der Waals surface area contributed by atoms with E-state index in [0.29, 0.717) is 18.1 Å². The number of carbonyl (C=O) groups is 1. The van der Waals surface area contributed by atoms with Crippen LogP contribution in [-0.2, 0) is 0 Å². The molecule has 0 radical (unpaired) electrons. The summed E-state index contributed by atoms with van der Waals surface area (Å²) in [7, 11) is 0. The van der Waals surface area contributed by atoms with Gasteiger partial charge in [-0.1, -0.05) is 23.7 Å². The molecule has 6 rings (SSSR count). The number of likely N-dealkylation sites (tertiary alicyclic amines) is 1. The molecule has 8 heteroatoms. The van der Waals surface area contributed by atoms with Gasteiger partial charge in [-0.15, -0.1) is 11.3 Å². The number of rotatable bonds is 3. The first-order chi connectivity index (χ1) is 16.1. The first-order valence-electron chi connectivity index (χ1n) is 11.0. The van der Waals surface area contributed by atoms with E-state index in [1.165, 1.54) is 11.3 Å². The number of aryl methyl sites for hydroxylation is 1. The van der Waals surface area contributed by atoms with Gasteiger partial charge in [0.1, 0.15) is 10.3 Å². The van der Waals surface area contributed by atoms with Gasteiger partial charge in [-0.25, -0.2) is 9.67 Å². The van der Waals surface area contributed by atoms with Crippen molar-refractivity contribution in [1.29, 1.82) is 0 Å². The third-order valence-corrected chi connectivity index (χ3v) is 7.62. The molecule has 2 aromatic carbocycles. The lowest BCUT2D eigenvalue weighted by molar-refractivity contribution is 0.0711. The molecular formula is C25H21ClN4O2S. The second-order valence-corrected chi connectivity index (χ2v) is 9.86. The minimum Gasteiger partial charge on any atom is -0.440 e. The number of carbonyl (C=O) groups excluding carboxylic acids is 1. The van der Waals surface area contributed by atoms with E-state index in [9.17, 15) is 4.79 Å². The van der Waals surface area contributed by atoms with E-state index in [-0.39, 0.29) is 11.8 Å². The summed E-state index contributed by atoms with van der Waals surface area (Å²) < 4.78 is 7.85. The molecule has 1 saturated heterocycles. The van der Waals surface area contributed by atoms with Crippen molar-refractivity contribution >= 4 is 50.2 Å². The largest absolute Gasteiger partial charge is 0.440 e. The van der Waals surface area contributed by atoms with Crippen LogP contribution in [0.3, 0.4) is 0 Å². The molecule has 1 aliphatic heterocycles. The van der Waals surface area contributed by atoms with Crippen LogP contribution in [0.4, 0.5) is 0 Å². The minimum absolute atomic E-state index is 0.0780. The number of para-hydroxylation sites is 2. The fraction of sp³-hybridized carbons (Fsp3) is 0.240. The van der Waals surface area contributed by atoms with E-state index < -0.39 is 0 Å². The molecule has 0 atom stereocenters. The third-order valence-electron chi connectivity index (χ3n) is 6.27. The highest BCUT2D eigenvalue weighted by molar-refractivity contribution is 7.20. The molecule has 5 aromatic rings. The van der Waals surface area contributed by atoms with Gasteiger partial charge in [-0.05, 0) is 62.2 Å². The highest BCUT2D eigenvalue weighted by Gasteiger charge is 2.29.